The fourth-order valence-electron chi connectivity index (χ4n) is 1.60. The molecule has 1 aliphatic rings. The van der Waals surface area contributed by atoms with Crippen LogP contribution in [0.2, 0.25) is 0 Å². The summed E-state index contributed by atoms with van der Waals surface area (Å²) in [7, 11) is 0. The van der Waals surface area contributed by atoms with E-state index in [0.29, 0.717) is 13.1 Å². The second-order valence-corrected chi connectivity index (χ2v) is 3.77. The van der Waals surface area contributed by atoms with Gasteiger partial charge in [-0.1, -0.05) is 0 Å². The highest BCUT2D eigenvalue weighted by atomic mass is 16.6. The Bertz CT molecular complexity index is 296. The van der Waals surface area contributed by atoms with Crippen LogP contribution >= 0.6 is 0 Å². The molecule has 0 atom stereocenters. The van der Waals surface area contributed by atoms with Crippen LogP contribution in [0.3, 0.4) is 0 Å². The summed E-state index contributed by atoms with van der Waals surface area (Å²) in [6.07, 6.45) is 1.73. The van der Waals surface area contributed by atoms with Crippen LogP contribution in [0.15, 0.2) is 0 Å². The van der Waals surface area contributed by atoms with Crippen LogP contribution in [0.1, 0.15) is 32.6 Å². The van der Waals surface area contributed by atoms with Crippen LogP contribution in [0, 0.1) is 0 Å². The molecular weight excluding hydrogens is 226 g/mol. The van der Waals surface area contributed by atoms with Crippen molar-refractivity contribution in [1.82, 2.24) is 4.90 Å². The summed E-state index contributed by atoms with van der Waals surface area (Å²) in [5, 5.41) is 0. The third-order valence-electron chi connectivity index (χ3n) is 2.41. The van der Waals surface area contributed by atoms with Crippen LogP contribution in [-0.2, 0) is 19.1 Å². The van der Waals surface area contributed by atoms with Crippen molar-refractivity contribution in [3.8, 4) is 0 Å². The maximum absolute atomic E-state index is 11.5. The fourth-order valence-corrected chi connectivity index (χ4v) is 1.60. The Kier molecular flexibility index (Phi) is 5.45. The van der Waals surface area contributed by atoms with Gasteiger partial charge in [0.2, 0.25) is 0 Å². The van der Waals surface area contributed by atoms with E-state index in [1.54, 1.807) is 6.92 Å². The third kappa shape index (κ3) is 4.84. The van der Waals surface area contributed by atoms with Gasteiger partial charge < -0.3 is 14.4 Å². The minimum Gasteiger partial charge on any atom is -0.466 e. The summed E-state index contributed by atoms with van der Waals surface area (Å²) < 4.78 is 9.13. The van der Waals surface area contributed by atoms with Crippen LogP contribution < -0.4 is 0 Å². The zero-order valence-electron chi connectivity index (χ0n) is 9.94. The summed E-state index contributed by atoms with van der Waals surface area (Å²) in [6, 6.07) is 0. The van der Waals surface area contributed by atoms with E-state index in [-0.39, 0.29) is 6.61 Å². The maximum Gasteiger partial charge on any atom is 0.417 e. The lowest BCUT2D eigenvalue weighted by molar-refractivity contribution is -0.151. The number of likely N-dealkylation sites (tertiary alicyclic amines) is 1. The third-order valence-corrected chi connectivity index (χ3v) is 2.41. The quantitative estimate of drug-likeness (QED) is 0.548. The molecule has 0 saturated carbocycles. The first-order valence-corrected chi connectivity index (χ1v) is 5.78. The predicted octanol–water partition coefficient (Wildman–Crippen LogP) is 1.09. The van der Waals surface area contributed by atoms with Crippen LogP contribution in [0.5, 0.6) is 0 Å². The number of nitrogens with zero attached hydrogens (tertiary/aromatic N) is 1. The minimum atomic E-state index is -0.862. The Morgan fingerprint density at radius 2 is 1.71 bits per heavy atom. The molecule has 6 heteroatoms. The average molecular weight is 243 g/mol. The summed E-state index contributed by atoms with van der Waals surface area (Å²) >= 11 is 0. The maximum atomic E-state index is 11.5. The van der Waals surface area contributed by atoms with Gasteiger partial charge in [-0.05, 0) is 26.2 Å². The van der Waals surface area contributed by atoms with Crippen LogP contribution in [0.25, 0.3) is 0 Å². The Labute approximate surface area is 99.9 Å². The summed E-state index contributed by atoms with van der Waals surface area (Å²) in [6.45, 7) is 3.05. The number of rotatable bonds is 3. The molecular formula is C11H17NO5. The molecule has 1 saturated heterocycles. The van der Waals surface area contributed by atoms with Crippen molar-refractivity contribution in [2.45, 2.75) is 32.6 Å². The summed E-state index contributed by atoms with van der Waals surface area (Å²) in [4.78, 5) is 35.1. The van der Waals surface area contributed by atoms with Gasteiger partial charge in [-0.3, -0.25) is 9.59 Å². The van der Waals surface area contributed by atoms with Crippen molar-refractivity contribution in [2.24, 2.45) is 0 Å². The van der Waals surface area contributed by atoms with Gasteiger partial charge in [-0.15, -0.1) is 0 Å². The molecule has 96 valence electrons. The van der Waals surface area contributed by atoms with E-state index in [1.807, 2.05) is 0 Å². The number of carbonyl (C=O) groups excluding carboxylic acids is 3. The van der Waals surface area contributed by atoms with Crippen LogP contribution in [-0.4, -0.2) is 42.6 Å². The second-order valence-electron chi connectivity index (χ2n) is 3.77. The minimum absolute atomic E-state index is 0.201. The van der Waals surface area contributed by atoms with Crippen molar-refractivity contribution in [3.05, 3.63) is 0 Å². The zero-order chi connectivity index (χ0) is 12.7. The number of piperidine rings is 1. The normalized spacial score (nSPS) is 15.2. The van der Waals surface area contributed by atoms with Crippen molar-refractivity contribution >= 4 is 18.0 Å². The molecule has 0 aromatic carbocycles. The number of amides is 1. The van der Waals surface area contributed by atoms with Gasteiger partial charge in [0.25, 0.3) is 0 Å². The van der Waals surface area contributed by atoms with Crippen LogP contribution in [0.4, 0.5) is 4.79 Å². The summed E-state index contributed by atoms with van der Waals surface area (Å²) in [5.74, 6) is -1.54. The number of carbonyl (C=O) groups is 3. The molecule has 0 N–H and O–H groups in total. The highest BCUT2D eigenvalue weighted by molar-refractivity contribution is 5.95. The number of ether oxygens (including phenoxy) is 2. The molecule has 1 aliphatic heterocycles. The van der Waals surface area contributed by atoms with Gasteiger partial charge in [-0.2, -0.15) is 0 Å². The molecule has 17 heavy (non-hydrogen) atoms. The average Bonchev–Trinajstić information content (AvgIpc) is 2.30. The highest BCUT2D eigenvalue weighted by Crippen LogP contribution is 2.10. The first-order valence-electron chi connectivity index (χ1n) is 5.78. The van der Waals surface area contributed by atoms with Gasteiger partial charge in [0.1, 0.15) is 6.42 Å². The molecule has 0 spiro atoms. The van der Waals surface area contributed by atoms with Crippen molar-refractivity contribution in [3.63, 3.8) is 0 Å². The Morgan fingerprint density at radius 1 is 1.06 bits per heavy atom. The van der Waals surface area contributed by atoms with E-state index in [1.165, 1.54) is 4.90 Å². The number of esters is 2. The predicted molar refractivity (Wildman–Crippen MR) is 58.2 cm³/mol. The van der Waals surface area contributed by atoms with Gasteiger partial charge in [-0.25, -0.2) is 4.79 Å². The standard InChI is InChI=1S/C11H17NO5/c1-2-16-9(13)8-10(14)17-11(15)12-6-4-3-5-7-12/h2-8H2,1H3. The topological polar surface area (TPSA) is 72.9 Å². The van der Waals surface area contributed by atoms with Crippen molar-refractivity contribution < 1.29 is 23.9 Å². The number of hydrogen-bond donors (Lipinski definition) is 0. The summed E-state index contributed by atoms with van der Waals surface area (Å²) in [5.41, 5.74) is 0. The first-order chi connectivity index (χ1) is 8.13. The fraction of sp³-hybridized carbons (Fsp3) is 0.727. The highest BCUT2D eigenvalue weighted by Gasteiger charge is 2.22. The molecule has 0 aromatic heterocycles. The molecule has 0 unspecified atom stereocenters. The van der Waals surface area contributed by atoms with E-state index >= 15 is 0 Å². The van der Waals surface area contributed by atoms with Gasteiger partial charge in [0.05, 0.1) is 6.61 Å². The lowest BCUT2D eigenvalue weighted by atomic mass is 10.1. The molecule has 6 nitrogen and oxygen atoms in total. The monoisotopic (exact) mass is 243 g/mol. The van der Waals surface area contributed by atoms with E-state index in [0.717, 1.165) is 19.3 Å². The Hall–Kier alpha value is -1.59. The first kappa shape index (κ1) is 13.5. The largest absolute Gasteiger partial charge is 0.466 e. The van der Waals surface area contributed by atoms with E-state index in [4.69, 9.17) is 0 Å². The SMILES string of the molecule is CCOC(=O)CC(=O)OC(=O)N1CCCCC1. The molecule has 1 rings (SSSR count). The molecule has 1 heterocycles. The van der Waals surface area contributed by atoms with E-state index < -0.39 is 24.5 Å². The second kappa shape index (κ2) is 6.88. The van der Waals surface area contributed by atoms with E-state index in [9.17, 15) is 14.4 Å². The smallest absolute Gasteiger partial charge is 0.417 e. The molecule has 0 aliphatic carbocycles. The van der Waals surface area contributed by atoms with Crippen molar-refractivity contribution in [1.29, 1.82) is 0 Å². The lowest BCUT2D eigenvalue weighted by Gasteiger charge is -2.25. The molecule has 1 amide bonds. The van der Waals surface area contributed by atoms with E-state index in [2.05, 4.69) is 9.47 Å². The molecule has 0 bridgehead atoms. The van der Waals surface area contributed by atoms with Gasteiger partial charge in [0.15, 0.2) is 0 Å². The molecule has 0 aromatic rings. The molecule has 0 radical (unpaired) electrons. The van der Waals surface area contributed by atoms with Crippen molar-refractivity contribution in [2.75, 3.05) is 19.7 Å². The lowest BCUT2D eigenvalue weighted by Crippen LogP contribution is -2.37. The Balaban J connectivity index is 2.29. The zero-order valence-corrected chi connectivity index (χ0v) is 9.94. The molecule has 1 fully saturated rings. The number of hydrogen-bond acceptors (Lipinski definition) is 5. The van der Waals surface area contributed by atoms with Gasteiger partial charge >= 0.3 is 18.0 Å². The van der Waals surface area contributed by atoms with Gasteiger partial charge in [0, 0.05) is 13.1 Å². The Morgan fingerprint density at radius 3 is 2.29 bits per heavy atom.